The number of carbonyl (C=O) groups excluding carboxylic acids is 3. The van der Waals surface area contributed by atoms with Gasteiger partial charge in [0.25, 0.3) is 5.91 Å². The van der Waals surface area contributed by atoms with Crippen LogP contribution in [0.15, 0.2) is 29.2 Å². The number of rotatable bonds is 14. The number of unbranched alkanes of at least 4 members (excludes halogenated alkanes) is 1. The lowest BCUT2D eigenvalue weighted by Crippen LogP contribution is -2.49. The van der Waals surface area contributed by atoms with E-state index in [1.165, 1.54) is 12.1 Å². The first-order valence-corrected chi connectivity index (χ1v) is 12.7. The molecule has 0 aromatic heterocycles. The molecular formula is C22H32FN3O7S. The maximum Gasteiger partial charge on any atom is 0.338 e. The van der Waals surface area contributed by atoms with Crippen LogP contribution < -0.4 is 15.4 Å². The Morgan fingerprint density at radius 2 is 1.74 bits per heavy atom. The highest BCUT2D eigenvalue weighted by Crippen LogP contribution is 2.24. The van der Waals surface area contributed by atoms with Crippen molar-refractivity contribution in [2.75, 3.05) is 19.7 Å². The molecule has 190 valence electrons. The fourth-order valence-electron chi connectivity index (χ4n) is 3.16. The van der Waals surface area contributed by atoms with Crippen molar-refractivity contribution in [2.24, 2.45) is 5.92 Å². The van der Waals surface area contributed by atoms with Crippen LogP contribution in [-0.4, -0.2) is 64.1 Å². The first kappa shape index (κ1) is 27.7. The Kier molecular flexibility index (Phi) is 10.4. The zero-order valence-electron chi connectivity index (χ0n) is 19.5. The molecule has 1 heterocycles. The quantitative estimate of drug-likeness (QED) is 0.195. The molecule has 10 nitrogen and oxygen atoms in total. The Bertz CT molecular complexity index is 954. The molecule has 1 aliphatic heterocycles. The summed E-state index contributed by atoms with van der Waals surface area (Å²) < 4.78 is 49.6. The lowest BCUT2D eigenvalue weighted by Gasteiger charge is -2.20. The number of hydrogen-bond donors (Lipinski definition) is 3. The average Bonchev–Trinajstić information content (AvgIpc) is 3.57. The van der Waals surface area contributed by atoms with E-state index in [1.54, 1.807) is 6.92 Å². The molecule has 0 spiro atoms. The topological polar surface area (TPSA) is 143 Å². The minimum Gasteiger partial charge on any atom is -0.464 e. The van der Waals surface area contributed by atoms with Gasteiger partial charge in [0.05, 0.1) is 11.5 Å². The molecule has 3 atom stereocenters. The van der Waals surface area contributed by atoms with Crippen molar-refractivity contribution in [1.82, 2.24) is 15.4 Å². The second-order valence-corrected chi connectivity index (χ2v) is 10.0. The van der Waals surface area contributed by atoms with Crippen molar-refractivity contribution >= 4 is 27.8 Å². The predicted molar refractivity (Wildman–Crippen MR) is 121 cm³/mol. The molecule has 2 amide bonds. The summed E-state index contributed by atoms with van der Waals surface area (Å²) in [4.78, 5) is 36.5. The molecular weight excluding hydrogens is 469 g/mol. The molecule has 0 bridgehead atoms. The van der Waals surface area contributed by atoms with E-state index >= 15 is 0 Å². The van der Waals surface area contributed by atoms with Crippen molar-refractivity contribution < 1.29 is 36.7 Å². The van der Waals surface area contributed by atoms with Crippen LogP contribution in [0.25, 0.3) is 0 Å². The maximum atomic E-state index is 13.0. The third kappa shape index (κ3) is 8.65. The molecule has 1 aromatic carbocycles. The standard InChI is InChI=1S/C22H32FN3O7S/c1-4-32-22(29)19-18(33-19)21(28)26-17(13-14(2)3)20(27)24-11-5-6-12-25-34(30,31)16-9-7-15(23)8-10-16/h7-10,14,17-19,25H,4-6,11-13H2,1-3H3,(H,24,27)(H,26,28)/t17-,18?,19-/m0/s1. The van der Waals surface area contributed by atoms with Gasteiger partial charge >= 0.3 is 5.97 Å². The van der Waals surface area contributed by atoms with Gasteiger partial charge in [-0.15, -0.1) is 0 Å². The second-order valence-electron chi connectivity index (χ2n) is 8.27. The minimum atomic E-state index is -3.73. The average molecular weight is 502 g/mol. The van der Waals surface area contributed by atoms with Crippen LogP contribution in [0.2, 0.25) is 0 Å². The first-order valence-electron chi connectivity index (χ1n) is 11.2. The molecule has 0 saturated carbocycles. The summed E-state index contributed by atoms with van der Waals surface area (Å²) in [7, 11) is -3.73. The smallest absolute Gasteiger partial charge is 0.338 e. The highest BCUT2D eigenvalue weighted by atomic mass is 32.2. The van der Waals surface area contributed by atoms with E-state index in [9.17, 15) is 27.2 Å². The molecule has 3 N–H and O–H groups in total. The van der Waals surface area contributed by atoms with E-state index in [4.69, 9.17) is 9.47 Å². The van der Waals surface area contributed by atoms with E-state index in [0.717, 1.165) is 12.1 Å². The van der Waals surface area contributed by atoms with Crippen molar-refractivity contribution in [3.05, 3.63) is 30.1 Å². The van der Waals surface area contributed by atoms with Crippen LogP contribution in [0.4, 0.5) is 4.39 Å². The molecule has 34 heavy (non-hydrogen) atoms. The number of esters is 1. The Morgan fingerprint density at radius 1 is 1.09 bits per heavy atom. The fourth-order valence-corrected chi connectivity index (χ4v) is 4.23. The lowest BCUT2D eigenvalue weighted by molar-refractivity contribution is -0.144. The van der Waals surface area contributed by atoms with Crippen LogP contribution in [-0.2, 0) is 33.9 Å². The number of halogens is 1. The van der Waals surface area contributed by atoms with Crippen LogP contribution in [0.5, 0.6) is 0 Å². The highest BCUT2D eigenvalue weighted by Gasteiger charge is 2.52. The van der Waals surface area contributed by atoms with E-state index < -0.39 is 46.0 Å². The summed E-state index contributed by atoms with van der Waals surface area (Å²) in [6, 6.07) is 3.72. The summed E-state index contributed by atoms with van der Waals surface area (Å²) >= 11 is 0. The lowest BCUT2D eigenvalue weighted by atomic mass is 10.0. The summed E-state index contributed by atoms with van der Waals surface area (Å²) in [5.41, 5.74) is 0. The molecule has 0 aliphatic carbocycles. The normalized spacial score (nSPS) is 18.3. The van der Waals surface area contributed by atoms with Gasteiger partial charge < -0.3 is 20.1 Å². The van der Waals surface area contributed by atoms with Crippen LogP contribution in [0.1, 0.15) is 40.0 Å². The highest BCUT2D eigenvalue weighted by molar-refractivity contribution is 7.89. The van der Waals surface area contributed by atoms with Crippen LogP contribution in [0.3, 0.4) is 0 Å². The number of hydrogen-bond acceptors (Lipinski definition) is 7. The number of carbonyl (C=O) groups is 3. The molecule has 1 aliphatic rings. The third-order valence-corrected chi connectivity index (χ3v) is 6.40. The van der Waals surface area contributed by atoms with Gasteiger partial charge in [-0.2, -0.15) is 0 Å². The first-order chi connectivity index (χ1) is 16.0. The predicted octanol–water partition coefficient (Wildman–Crippen LogP) is 0.862. The molecule has 2 rings (SSSR count). The summed E-state index contributed by atoms with van der Waals surface area (Å²) in [5.74, 6) is -1.93. The Hall–Kier alpha value is -2.57. The van der Waals surface area contributed by atoms with Gasteiger partial charge in [-0.25, -0.2) is 22.3 Å². The van der Waals surface area contributed by atoms with Crippen molar-refractivity contribution in [2.45, 2.75) is 63.2 Å². The molecule has 0 radical (unpaired) electrons. The minimum absolute atomic E-state index is 0.0284. The Balaban J connectivity index is 1.73. The van der Waals surface area contributed by atoms with Crippen molar-refractivity contribution in [3.63, 3.8) is 0 Å². The van der Waals surface area contributed by atoms with Gasteiger partial charge in [-0.05, 0) is 56.4 Å². The largest absolute Gasteiger partial charge is 0.464 e. The number of epoxide rings is 1. The summed E-state index contributed by atoms with van der Waals surface area (Å²) in [5, 5.41) is 5.37. The van der Waals surface area contributed by atoms with E-state index in [-0.39, 0.29) is 36.4 Å². The number of amides is 2. The second kappa shape index (κ2) is 12.8. The van der Waals surface area contributed by atoms with Crippen molar-refractivity contribution in [3.8, 4) is 0 Å². The van der Waals surface area contributed by atoms with Gasteiger partial charge in [0, 0.05) is 13.1 Å². The fraction of sp³-hybridized carbons (Fsp3) is 0.591. The number of benzene rings is 1. The van der Waals surface area contributed by atoms with E-state index in [0.29, 0.717) is 19.3 Å². The van der Waals surface area contributed by atoms with E-state index in [1.807, 2.05) is 13.8 Å². The van der Waals surface area contributed by atoms with Crippen LogP contribution in [0, 0.1) is 11.7 Å². The van der Waals surface area contributed by atoms with E-state index in [2.05, 4.69) is 15.4 Å². The number of sulfonamides is 1. The van der Waals surface area contributed by atoms with Gasteiger partial charge in [-0.3, -0.25) is 9.59 Å². The monoisotopic (exact) mass is 501 g/mol. The van der Waals surface area contributed by atoms with Gasteiger partial charge in [0.1, 0.15) is 11.9 Å². The van der Waals surface area contributed by atoms with Gasteiger partial charge in [0.15, 0.2) is 12.2 Å². The van der Waals surface area contributed by atoms with Crippen molar-refractivity contribution in [1.29, 1.82) is 0 Å². The SMILES string of the molecule is CCOC(=O)[C@H]1OC1C(=O)N[C@@H](CC(C)C)C(=O)NCCCCNS(=O)(=O)c1ccc(F)cc1. The van der Waals surface area contributed by atoms with Gasteiger partial charge in [0.2, 0.25) is 15.9 Å². The Morgan fingerprint density at radius 3 is 2.35 bits per heavy atom. The molecule has 12 heteroatoms. The number of nitrogens with one attached hydrogen (secondary N) is 3. The molecule has 1 saturated heterocycles. The molecule has 1 unspecified atom stereocenters. The summed E-state index contributed by atoms with van der Waals surface area (Å²) in [6.45, 7) is 6.09. The number of ether oxygens (including phenoxy) is 2. The molecule has 1 aromatic rings. The Labute approximate surface area is 199 Å². The third-order valence-electron chi connectivity index (χ3n) is 4.93. The zero-order chi connectivity index (χ0) is 25.3. The molecule has 1 fully saturated rings. The zero-order valence-corrected chi connectivity index (χ0v) is 20.3. The van der Waals surface area contributed by atoms with Crippen LogP contribution >= 0.6 is 0 Å². The summed E-state index contributed by atoms with van der Waals surface area (Å²) in [6.07, 6.45) is -0.557. The maximum absolute atomic E-state index is 13.0. The van der Waals surface area contributed by atoms with Gasteiger partial charge in [-0.1, -0.05) is 13.8 Å².